The van der Waals surface area contributed by atoms with Gasteiger partial charge in [-0.25, -0.2) is 0 Å². The number of rotatable bonds is 5. The zero-order valence-corrected chi connectivity index (χ0v) is 13.8. The molecule has 1 aromatic rings. The van der Waals surface area contributed by atoms with Crippen LogP contribution in [0, 0.1) is 0 Å². The summed E-state index contributed by atoms with van der Waals surface area (Å²) < 4.78 is 11.1. The first-order valence-electron chi connectivity index (χ1n) is 8.89. The number of carbonyl (C=O) groups is 1. The molecule has 0 N–H and O–H groups in total. The molecule has 0 spiro atoms. The van der Waals surface area contributed by atoms with Gasteiger partial charge in [0, 0.05) is 12.6 Å². The summed E-state index contributed by atoms with van der Waals surface area (Å²) in [6.07, 6.45) is 6.47. The second kappa shape index (κ2) is 8.46. The molecule has 1 amide bonds. The molecule has 126 valence electrons. The zero-order valence-electron chi connectivity index (χ0n) is 13.8. The molecule has 4 heteroatoms. The van der Waals surface area contributed by atoms with Crippen molar-refractivity contribution in [2.45, 2.75) is 57.3 Å². The molecule has 0 aromatic heterocycles. The van der Waals surface area contributed by atoms with E-state index in [9.17, 15) is 4.79 Å². The molecule has 2 fully saturated rings. The van der Waals surface area contributed by atoms with E-state index in [0.717, 1.165) is 38.6 Å². The maximum atomic E-state index is 12.7. The molecule has 0 saturated carbocycles. The molecule has 23 heavy (non-hydrogen) atoms. The fourth-order valence-corrected chi connectivity index (χ4v) is 3.52. The summed E-state index contributed by atoms with van der Waals surface area (Å²) in [5, 5.41) is 0. The Balaban J connectivity index is 1.53. The number of amides is 1. The number of likely N-dealkylation sites (tertiary alicyclic amines) is 1. The summed E-state index contributed by atoms with van der Waals surface area (Å²) in [6, 6.07) is 10.9. The number of benzene rings is 1. The van der Waals surface area contributed by atoms with Crippen LogP contribution in [0.25, 0.3) is 0 Å². The van der Waals surface area contributed by atoms with E-state index in [1.165, 1.54) is 12.0 Å². The monoisotopic (exact) mass is 317 g/mol. The molecule has 2 aliphatic rings. The molecule has 1 aromatic carbocycles. The summed E-state index contributed by atoms with van der Waals surface area (Å²) in [5.74, 6) is 0.190. The van der Waals surface area contributed by atoms with Crippen LogP contribution >= 0.6 is 0 Å². The first-order chi connectivity index (χ1) is 11.3. The average molecular weight is 317 g/mol. The van der Waals surface area contributed by atoms with Crippen molar-refractivity contribution in [1.82, 2.24) is 4.90 Å². The highest BCUT2D eigenvalue weighted by atomic mass is 16.7. The maximum absolute atomic E-state index is 12.7. The van der Waals surface area contributed by atoms with Gasteiger partial charge in [0.05, 0.1) is 19.6 Å². The molecule has 4 nitrogen and oxygen atoms in total. The van der Waals surface area contributed by atoms with E-state index in [-0.39, 0.29) is 12.2 Å². The van der Waals surface area contributed by atoms with Crippen molar-refractivity contribution >= 4 is 5.91 Å². The molecule has 2 heterocycles. The van der Waals surface area contributed by atoms with Crippen molar-refractivity contribution in [3.8, 4) is 0 Å². The van der Waals surface area contributed by atoms with E-state index in [1.54, 1.807) is 0 Å². The van der Waals surface area contributed by atoms with E-state index in [2.05, 4.69) is 29.2 Å². The highest BCUT2D eigenvalue weighted by Crippen LogP contribution is 2.23. The third kappa shape index (κ3) is 4.79. The van der Waals surface area contributed by atoms with Gasteiger partial charge in [0.15, 0.2) is 6.29 Å². The summed E-state index contributed by atoms with van der Waals surface area (Å²) >= 11 is 0. The van der Waals surface area contributed by atoms with E-state index >= 15 is 0 Å². The van der Waals surface area contributed by atoms with Gasteiger partial charge < -0.3 is 14.4 Å². The molecule has 0 bridgehead atoms. The largest absolute Gasteiger partial charge is 0.352 e. The van der Waals surface area contributed by atoms with Gasteiger partial charge in [-0.2, -0.15) is 0 Å². The van der Waals surface area contributed by atoms with Gasteiger partial charge in [-0.15, -0.1) is 0 Å². The lowest BCUT2D eigenvalue weighted by Gasteiger charge is -2.37. The molecule has 1 atom stereocenters. The van der Waals surface area contributed by atoms with Crippen molar-refractivity contribution < 1.29 is 14.3 Å². The van der Waals surface area contributed by atoms with Gasteiger partial charge in [0.1, 0.15) is 0 Å². The lowest BCUT2D eigenvalue weighted by molar-refractivity contribution is -0.188. The zero-order chi connectivity index (χ0) is 15.9. The van der Waals surface area contributed by atoms with Crippen molar-refractivity contribution in [3.63, 3.8) is 0 Å². The van der Waals surface area contributed by atoms with Gasteiger partial charge in [-0.1, -0.05) is 30.3 Å². The van der Waals surface area contributed by atoms with Crippen molar-refractivity contribution in [2.24, 2.45) is 0 Å². The minimum atomic E-state index is -0.340. The molecular formula is C19H27NO3. The number of aryl methyl sites for hydroxylation is 1. The quantitative estimate of drug-likeness (QED) is 0.837. The minimum absolute atomic E-state index is 0.190. The summed E-state index contributed by atoms with van der Waals surface area (Å²) in [5.41, 5.74) is 1.35. The molecule has 0 unspecified atom stereocenters. The van der Waals surface area contributed by atoms with Crippen LogP contribution in [-0.2, 0) is 20.7 Å². The number of nitrogens with zero attached hydrogens (tertiary/aromatic N) is 1. The molecule has 3 rings (SSSR count). The normalized spacial score (nSPS) is 23.0. The van der Waals surface area contributed by atoms with Crippen LogP contribution in [0.15, 0.2) is 30.3 Å². The average Bonchev–Trinajstić information content (AvgIpc) is 2.62. The van der Waals surface area contributed by atoms with Crippen LogP contribution in [0.1, 0.15) is 44.1 Å². The molecule has 2 aliphatic heterocycles. The Labute approximate surface area is 138 Å². The van der Waals surface area contributed by atoms with Gasteiger partial charge in [0.25, 0.3) is 0 Å². The lowest BCUT2D eigenvalue weighted by Crippen LogP contribution is -2.45. The number of hydrogen-bond acceptors (Lipinski definition) is 3. The van der Waals surface area contributed by atoms with E-state index < -0.39 is 0 Å². The van der Waals surface area contributed by atoms with Crippen LogP contribution in [0.3, 0.4) is 0 Å². The molecule has 0 radical (unpaired) electrons. The van der Waals surface area contributed by atoms with E-state index in [4.69, 9.17) is 9.47 Å². The summed E-state index contributed by atoms with van der Waals surface area (Å²) in [7, 11) is 0. The third-order valence-electron chi connectivity index (χ3n) is 4.79. The fourth-order valence-electron chi connectivity index (χ4n) is 3.52. The van der Waals surface area contributed by atoms with Crippen LogP contribution < -0.4 is 0 Å². The molecular weight excluding hydrogens is 290 g/mol. The Morgan fingerprint density at radius 1 is 1.09 bits per heavy atom. The number of piperidine rings is 1. The second-order valence-electron chi connectivity index (χ2n) is 6.49. The highest BCUT2D eigenvalue weighted by Gasteiger charge is 2.29. The predicted octanol–water partition coefficient (Wildman–Crippen LogP) is 3.15. The lowest BCUT2D eigenvalue weighted by atomic mass is 9.95. The first-order valence-corrected chi connectivity index (χ1v) is 8.89. The number of carbonyl (C=O) groups excluding carboxylic acids is 1. The van der Waals surface area contributed by atoms with Crippen molar-refractivity contribution in [3.05, 3.63) is 35.9 Å². The van der Waals surface area contributed by atoms with Gasteiger partial charge in [0.2, 0.25) is 5.91 Å². The Hall–Kier alpha value is -1.39. The van der Waals surface area contributed by atoms with Crippen LogP contribution in [0.5, 0.6) is 0 Å². The standard InChI is InChI=1S/C19H27NO3/c21-18(15-19-22-13-6-14-23-19)20-12-5-4-9-17(20)11-10-16-7-2-1-3-8-16/h1-3,7-8,17,19H,4-6,9-15H2/t17-/m1/s1. The molecule has 0 aliphatic carbocycles. The smallest absolute Gasteiger partial charge is 0.227 e. The summed E-state index contributed by atoms with van der Waals surface area (Å²) in [6.45, 7) is 2.29. The second-order valence-corrected chi connectivity index (χ2v) is 6.49. The topological polar surface area (TPSA) is 38.8 Å². The predicted molar refractivity (Wildman–Crippen MR) is 89.0 cm³/mol. The van der Waals surface area contributed by atoms with Crippen LogP contribution in [0.4, 0.5) is 0 Å². The highest BCUT2D eigenvalue weighted by molar-refractivity contribution is 5.77. The Morgan fingerprint density at radius 3 is 2.65 bits per heavy atom. The number of ether oxygens (including phenoxy) is 2. The van der Waals surface area contributed by atoms with Gasteiger partial charge in [-0.05, 0) is 44.1 Å². The third-order valence-corrected chi connectivity index (χ3v) is 4.79. The maximum Gasteiger partial charge on any atom is 0.227 e. The Kier molecular flexibility index (Phi) is 6.06. The van der Waals surface area contributed by atoms with Crippen molar-refractivity contribution in [1.29, 1.82) is 0 Å². The summed E-state index contributed by atoms with van der Waals surface area (Å²) in [4.78, 5) is 14.7. The Bertz CT molecular complexity index is 485. The Morgan fingerprint density at radius 2 is 1.87 bits per heavy atom. The molecule has 2 saturated heterocycles. The fraction of sp³-hybridized carbons (Fsp3) is 0.632. The first kappa shape index (κ1) is 16.5. The van der Waals surface area contributed by atoms with E-state index in [0.29, 0.717) is 25.7 Å². The van der Waals surface area contributed by atoms with Crippen molar-refractivity contribution in [2.75, 3.05) is 19.8 Å². The van der Waals surface area contributed by atoms with Crippen LogP contribution in [0.2, 0.25) is 0 Å². The van der Waals surface area contributed by atoms with Gasteiger partial charge >= 0.3 is 0 Å². The number of hydrogen-bond donors (Lipinski definition) is 0. The van der Waals surface area contributed by atoms with Gasteiger partial charge in [-0.3, -0.25) is 4.79 Å². The van der Waals surface area contributed by atoms with E-state index in [1.807, 2.05) is 6.07 Å². The minimum Gasteiger partial charge on any atom is -0.352 e. The van der Waals surface area contributed by atoms with Crippen LogP contribution in [-0.4, -0.2) is 42.9 Å². The SMILES string of the molecule is O=C(CC1OCCCO1)N1CCCC[C@@H]1CCc1ccccc1.